The van der Waals surface area contributed by atoms with Gasteiger partial charge in [0.2, 0.25) is 0 Å². The maximum atomic E-state index is 11.0. The molecule has 1 aromatic rings. The Bertz CT molecular complexity index is 544. The van der Waals surface area contributed by atoms with Gasteiger partial charge in [0.15, 0.2) is 0 Å². The molecular weight excluding hydrogens is 343 g/mol. The molecule has 0 saturated carbocycles. The minimum Gasteiger partial charge on any atom is -0.744 e. The van der Waals surface area contributed by atoms with E-state index < -0.39 is 10.1 Å². The van der Waals surface area contributed by atoms with Gasteiger partial charge in [0, 0.05) is 0 Å². The van der Waals surface area contributed by atoms with Crippen LogP contribution in [0.1, 0.15) is 89.5 Å². The first kappa shape index (κ1) is 25.1. The van der Waals surface area contributed by atoms with Crippen LogP contribution in [0.25, 0.3) is 0 Å². The summed E-state index contributed by atoms with van der Waals surface area (Å²) in [4.78, 5) is -0.112. The fourth-order valence-electron chi connectivity index (χ4n) is 3.03. The quantitative estimate of drug-likeness (QED) is 0.285. The summed E-state index contributed by atoms with van der Waals surface area (Å²) in [6.45, 7) is 2.25. The maximum absolute atomic E-state index is 11.0. The summed E-state index contributed by atoms with van der Waals surface area (Å²) in [5.41, 5.74) is 0.944. The van der Waals surface area contributed by atoms with E-state index in [2.05, 4.69) is 6.92 Å². The monoisotopic (exact) mass is 376 g/mol. The summed E-state index contributed by atoms with van der Waals surface area (Å²) in [6, 6.07) is 6.43. The molecule has 25 heavy (non-hydrogen) atoms. The van der Waals surface area contributed by atoms with Crippen molar-refractivity contribution in [3.8, 4) is 0 Å². The molecule has 0 aliphatic heterocycles. The van der Waals surface area contributed by atoms with Crippen LogP contribution in [0.4, 0.5) is 0 Å². The number of hydrogen-bond donors (Lipinski definition) is 0. The van der Waals surface area contributed by atoms with E-state index in [1.807, 2.05) is 6.07 Å². The molecule has 0 aromatic heterocycles. The standard InChI is InChI=1S/C20H34O3S.Na/c1-2-3-4-5-6-7-8-9-10-11-12-13-15-19-16-14-17-20(18-19)24(21,22)23;/h14,16-18H,2-13,15H2,1H3,(H,21,22,23);/q;+1/p-1. The number of hydrogen-bond acceptors (Lipinski definition) is 3. The molecule has 3 nitrogen and oxygen atoms in total. The van der Waals surface area contributed by atoms with E-state index in [4.69, 9.17) is 0 Å². The van der Waals surface area contributed by atoms with Gasteiger partial charge in [-0.25, -0.2) is 8.42 Å². The molecule has 0 fully saturated rings. The van der Waals surface area contributed by atoms with Gasteiger partial charge in [-0.2, -0.15) is 0 Å². The Hall–Kier alpha value is 0.130. The first-order valence-corrected chi connectivity index (χ1v) is 11.0. The van der Waals surface area contributed by atoms with Crippen molar-refractivity contribution in [1.29, 1.82) is 0 Å². The molecule has 0 unspecified atom stereocenters. The van der Waals surface area contributed by atoms with Gasteiger partial charge in [-0.1, -0.05) is 89.7 Å². The molecule has 0 amide bonds. The normalized spacial score (nSPS) is 11.3. The van der Waals surface area contributed by atoms with Crippen LogP contribution < -0.4 is 29.6 Å². The molecule has 0 atom stereocenters. The van der Waals surface area contributed by atoms with Crippen molar-refractivity contribution in [2.75, 3.05) is 0 Å². The Morgan fingerprint density at radius 2 is 1.28 bits per heavy atom. The van der Waals surface area contributed by atoms with Crippen molar-refractivity contribution < 1.29 is 42.5 Å². The van der Waals surface area contributed by atoms with Crippen LogP contribution in [-0.4, -0.2) is 13.0 Å². The minimum absolute atomic E-state index is 0. The second kappa shape index (κ2) is 15.2. The van der Waals surface area contributed by atoms with Crippen LogP contribution in [0.15, 0.2) is 29.2 Å². The molecule has 0 N–H and O–H groups in total. The van der Waals surface area contributed by atoms with E-state index in [1.54, 1.807) is 6.07 Å². The zero-order valence-electron chi connectivity index (χ0n) is 16.1. The molecule has 0 heterocycles. The zero-order valence-corrected chi connectivity index (χ0v) is 19.0. The molecule has 138 valence electrons. The fraction of sp³-hybridized carbons (Fsp3) is 0.700. The summed E-state index contributed by atoms with van der Waals surface area (Å²) in [5, 5.41) is 0. The SMILES string of the molecule is CCCCCCCCCCCCCCc1cccc(S(=O)(=O)[O-])c1.[Na+]. The molecule has 1 rings (SSSR count). The average molecular weight is 377 g/mol. The Balaban J connectivity index is 0.00000576. The summed E-state index contributed by atoms with van der Waals surface area (Å²) >= 11 is 0. The average Bonchev–Trinajstić information content (AvgIpc) is 2.55. The van der Waals surface area contributed by atoms with E-state index in [9.17, 15) is 13.0 Å². The smallest absolute Gasteiger partial charge is 0.744 e. The van der Waals surface area contributed by atoms with E-state index in [-0.39, 0.29) is 34.5 Å². The zero-order chi connectivity index (χ0) is 17.7. The van der Waals surface area contributed by atoms with Gasteiger partial charge in [-0.05, 0) is 30.5 Å². The Morgan fingerprint density at radius 1 is 0.800 bits per heavy atom. The van der Waals surface area contributed by atoms with Crippen LogP contribution in [0.3, 0.4) is 0 Å². The molecule has 0 saturated heterocycles. The third-order valence-corrected chi connectivity index (χ3v) is 5.34. The van der Waals surface area contributed by atoms with Crippen molar-refractivity contribution in [1.82, 2.24) is 0 Å². The van der Waals surface area contributed by atoms with Crippen molar-refractivity contribution in [2.45, 2.75) is 95.3 Å². The van der Waals surface area contributed by atoms with Crippen LogP contribution in [0.2, 0.25) is 0 Å². The van der Waals surface area contributed by atoms with Gasteiger partial charge in [-0.3, -0.25) is 0 Å². The van der Waals surface area contributed by atoms with Gasteiger partial charge in [0.25, 0.3) is 0 Å². The second-order valence-electron chi connectivity index (χ2n) is 6.74. The molecule has 0 spiro atoms. The third-order valence-electron chi connectivity index (χ3n) is 4.51. The van der Waals surface area contributed by atoms with Crippen molar-refractivity contribution >= 4 is 10.1 Å². The summed E-state index contributed by atoms with van der Waals surface area (Å²) in [7, 11) is -4.33. The van der Waals surface area contributed by atoms with Crippen LogP contribution in [-0.2, 0) is 16.5 Å². The summed E-state index contributed by atoms with van der Waals surface area (Å²) < 4.78 is 33.0. The Labute approximate surface area is 177 Å². The van der Waals surface area contributed by atoms with E-state index >= 15 is 0 Å². The first-order chi connectivity index (χ1) is 11.5. The molecule has 0 aliphatic carbocycles. The summed E-state index contributed by atoms with van der Waals surface area (Å²) in [6.07, 6.45) is 16.6. The number of benzene rings is 1. The summed E-state index contributed by atoms with van der Waals surface area (Å²) in [5.74, 6) is 0. The van der Waals surface area contributed by atoms with Gasteiger partial charge in [0.05, 0.1) is 4.90 Å². The third kappa shape index (κ3) is 13.0. The number of aryl methyl sites for hydroxylation is 1. The minimum atomic E-state index is -4.33. The van der Waals surface area contributed by atoms with Crippen LogP contribution in [0, 0.1) is 0 Å². The predicted molar refractivity (Wildman–Crippen MR) is 99.2 cm³/mol. The van der Waals surface area contributed by atoms with Gasteiger partial charge in [0.1, 0.15) is 10.1 Å². The number of rotatable bonds is 14. The number of unbranched alkanes of at least 4 members (excludes halogenated alkanes) is 11. The van der Waals surface area contributed by atoms with Crippen molar-refractivity contribution in [3.63, 3.8) is 0 Å². The van der Waals surface area contributed by atoms with E-state index in [0.717, 1.165) is 18.4 Å². The Kier molecular flexibility index (Phi) is 15.3. The van der Waals surface area contributed by atoms with Crippen LogP contribution >= 0.6 is 0 Å². The molecule has 0 aliphatic rings. The molecule has 5 heteroatoms. The maximum Gasteiger partial charge on any atom is 1.00 e. The largest absolute Gasteiger partial charge is 1.00 e. The predicted octanol–water partition coefficient (Wildman–Crippen LogP) is 2.84. The molecule has 0 radical (unpaired) electrons. The molecule has 0 bridgehead atoms. The van der Waals surface area contributed by atoms with E-state index in [1.165, 1.54) is 82.8 Å². The van der Waals surface area contributed by atoms with Gasteiger partial charge in [-0.15, -0.1) is 0 Å². The van der Waals surface area contributed by atoms with Crippen molar-refractivity contribution in [2.24, 2.45) is 0 Å². The Morgan fingerprint density at radius 3 is 1.76 bits per heavy atom. The first-order valence-electron chi connectivity index (χ1n) is 9.59. The van der Waals surface area contributed by atoms with Crippen LogP contribution in [0.5, 0.6) is 0 Å². The van der Waals surface area contributed by atoms with Gasteiger partial charge >= 0.3 is 29.6 Å². The molecule has 1 aromatic carbocycles. The fourth-order valence-corrected chi connectivity index (χ4v) is 3.57. The van der Waals surface area contributed by atoms with Gasteiger partial charge < -0.3 is 4.55 Å². The second-order valence-corrected chi connectivity index (χ2v) is 8.12. The van der Waals surface area contributed by atoms with Crippen molar-refractivity contribution in [3.05, 3.63) is 29.8 Å². The topological polar surface area (TPSA) is 57.2 Å². The molecular formula is C20H33NaO3S. The van der Waals surface area contributed by atoms with E-state index in [0.29, 0.717) is 0 Å².